The van der Waals surface area contributed by atoms with Crippen LogP contribution in [0.3, 0.4) is 0 Å². The lowest BCUT2D eigenvalue weighted by Crippen LogP contribution is -2.35. The molecule has 0 nitrogen and oxygen atoms in total. The molecule has 0 radical (unpaired) electrons. The number of hydrogen-bond donors (Lipinski definition) is 0. The Morgan fingerprint density at radius 2 is 1.09 bits per heavy atom. The van der Waals surface area contributed by atoms with Crippen LogP contribution < -0.4 is 10.6 Å². The second kappa shape index (κ2) is 12.2. The Labute approximate surface area is 218 Å². The van der Waals surface area contributed by atoms with Crippen LogP contribution in [0.2, 0.25) is 0 Å². The van der Waals surface area contributed by atoms with E-state index in [9.17, 15) is 0 Å². The van der Waals surface area contributed by atoms with Crippen molar-refractivity contribution in [3.05, 3.63) is 59.7 Å². The highest BCUT2D eigenvalue weighted by Crippen LogP contribution is 2.65. The molecule has 0 aromatic heterocycles. The molecular formula is C33H48P2. The standard InChI is InChI=1S/C33H48P2/c1-25-15-10-12-22-31(25)34(32-23-13-11-16-26(32)2)27(3)30-21-14-24-33(30)35(28-17-6-4-7-18-28)29-19-8-5-9-20-29/h10-13,15-16,22-23,27-30,33H,4-9,14,17-21,24H2,1-3H3/t27-,30?,33?/m0/s1. The van der Waals surface area contributed by atoms with Gasteiger partial charge >= 0.3 is 0 Å². The molecule has 190 valence electrons. The molecule has 0 saturated heterocycles. The van der Waals surface area contributed by atoms with E-state index in [-0.39, 0.29) is 15.8 Å². The smallest absolute Gasteiger partial charge is 0.0123 e. The molecule has 3 fully saturated rings. The highest BCUT2D eigenvalue weighted by molar-refractivity contribution is 7.73. The van der Waals surface area contributed by atoms with Gasteiger partial charge in [-0.15, -0.1) is 0 Å². The quantitative estimate of drug-likeness (QED) is 0.328. The molecule has 3 aliphatic rings. The van der Waals surface area contributed by atoms with Crippen LogP contribution in [0, 0.1) is 19.8 Å². The second-order valence-electron chi connectivity index (χ2n) is 11.9. The van der Waals surface area contributed by atoms with E-state index < -0.39 is 0 Å². The number of rotatable bonds is 7. The molecule has 0 N–H and O–H groups in total. The molecule has 3 atom stereocenters. The zero-order valence-corrected chi connectivity index (χ0v) is 24.4. The summed E-state index contributed by atoms with van der Waals surface area (Å²) < 4.78 is 0. The van der Waals surface area contributed by atoms with Gasteiger partial charge in [0.2, 0.25) is 0 Å². The van der Waals surface area contributed by atoms with Crippen molar-refractivity contribution in [2.24, 2.45) is 5.92 Å². The maximum atomic E-state index is 2.68. The van der Waals surface area contributed by atoms with Crippen molar-refractivity contribution in [3.8, 4) is 0 Å². The van der Waals surface area contributed by atoms with E-state index in [1.54, 1.807) is 42.7 Å². The minimum Gasteiger partial charge on any atom is -0.0968 e. The van der Waals surface area contributed by atoms with Crippen molar-refractivity contribution in [2.75, 3.05) is 0 Å². The van der Waals surface area contributed by atoms with Gasteiger partial charge in [0.1, 0.15) is 0 Å². The summed E-state index contributed by atoms with van der Waals surface area (Å²) in [7, 11) is -0.178. The highest BCUT2D eigenvalue weighted by Gasteiger charge is 2.45. The Morgan fingerprint density at radius 1 is 0.600 bits per heavy atom. The topological polar surface area (TPSA) is 0 Å². The first-order valence-electron chi connectivity index (χ1n) is 14.8. The summed E-state index contributed by atoms with van der Waals surface area (Å²) in [6, 6.07) is 18.7. The van der Waals surface area contributed by atoms with Crippen LogP contribution >= 0.6 is 15.8 Å². The van der Waals surface area contributed by atoms with Crippen LogP contribution in [-0.2, 0) is 0 Å². The predicted octanol–water partition coefficient (Wildman–Crippen LogP) is 9.44. The van der Waals surface area contributed by atoms with Gasteiger partial charge < -0.3 is 0 Å². The van der Waals surface area contributed by atoms with Crippen LogP contribution in [0.4, 0.5) is 0 Å². The van der Waals surface area contributed by atoms with Gasteiger partial charge in [-0.05, 0) is 111 Å². The fourth-order valence-corrected chi connectivity index (χ4v) is 16.3. The third-order valence-electron chi connectivity index (χ3n) is 9.68. The molecule has 0 bridgehead atoms. The van der Waals surface area contributed by atoms with Crippen molar-refractivity contribution in [2.45, 2.75) is 127 Å². The van der Waals surface area contributed by atoms with Gasteiger partial charge in [-0.1, -0.05) is 108 Å². The first kappa shape index (κ1) is 25.9. The van der Waals surface area contributed by atoms with Crippen LogP contribution in [0.5, 0.6) is 0 Å². The van der Waals surface area contributed by atoms with Crippen LogP contribution in [-0.4, -0.2) is 22.6 Å². The van der Waals surface area contributed by atoms with Gasteiger partial charge in [-0.25, -0.2) is 0 Å². The molecule has 2 aromatic carbocycles. The van der Waals surface area contributed by atoms with Gasteiger partial charge in [-0.2, -0.15) is 0 Å². The van der Waals surface area contributed by atoms with Gasteiger partial charge in [0.05, 0.1) is 0 Å². The Bertz CT molecular complexity index is 876. The first-order chi connectivity index (χ1) is 17.1. The Hall–Kier alpha value is -0.700. The minimum absolute atomic E-state index is 0.163. The second-order valence-corrected chi connectivity index (χ2v) is 17.4. The van der Waals surface area contributed by atoms with E-state index in [0.29, 0.717) is 0 Å². The molecule has 5 rings (SSSR count). The van der Waals surface area contributed by atoms with Crippen molar-refractivity contribution >= 4 is 26.5 Å². The predicted molar refractivity (Wildman–Crippen MR) is 160 cm³/mol. The molecule has 0 spiro atoms. The summed E-state index contributed by atoms with van der Waals surface area (Å²) in [6.45, 7) is 7.40. The first-order valence-corrected chi connectivity index (χ1v) is 17.8. The largest absolute Gasteiger partial charge is 0.0968 e. The molecule has 3 saturated carbocycles. The summed E-state index contributed by atoms with van der Waals surface area (Å²) in [5, 5.41) is 3.30. The zero-order valence-electron chi connectivity index (χ0n) is 22.6. The molecular weight excluding hydrogens is 458 g/mol. The van der Waals surface area contributed by atoms with Crippen LogP contribution in [0.15, 0.2) is 48.5 Å². The summed E-state index contributed by atoms with van der Waals surface area (Å²) in [5.74, 6) is 0.926. The summed E-state index contributed by atoms with van der Waals surface area (Å²) in [4.78, 5) is 0. The molecule has 0 heterocycles. The Morgan fingerprint density at radius 3 is 1.57 bits per heavy atom. The van der Waals surface area contributed by atoms with Crippen molar-refractivity contribution in [1.82, 2.24) is 0 Å². The monoisotopic (exact) mass is 506 g/mol. The van der Waals surface area contributed by atoms with Crippen molar-refractivity contribution in [1.29, 1.82) is 0 Å². The molecule has 2 unspecified atom stereocenters. The summed E-state index contributed by atoms with van der Waals surface area (Å²) in [5.41, 5.74) is 6.99. The van der Waals surface area contributed by atoms with Crippen molar-refractivity contribution < 1.29 is 0 Å². The normalized spacial score (nSPS) is 25.4. The third-order valence-corrected chi connectivity index (χ3v) is 17.0. The molecule has 0 aliphatic heterocycles. The lowest BCUT2D eigenvalue weighted by atomic mass is 9.99. The van der Waals surface area contributed by atoms with E-state index in [4.69, 9.17) is 0 Å². The van der Waals surface area contributed by atoms with Crippen LogP contribution in [0.25, 0.3) is 0 Å². The van der Waals surface area contributed by atoms with Gasteiger partial charge in [0, 0.05) is 0 Å². The van der Waals surface area contributed by atoms with E-state index in [1.165, 1.54) is 62.5 Å². The summed E-state index contributed by atoms with van der Waals surface area (Å²) in [6.07, 6.45) is 19.8. The van der Waals surface area contributed by atoms with Gasteiger partial charge in [-0.3, -0.25) is 0 Å². The number of hydrogen-bond acceptors (Lipinski definition) is 0. The maximum absolute atomic E-state index is 2.68. The fraction of sp³-hybridized carbons (Fsp3) is 0.636. The molecule has 2 heteroatoms. The molecule has 0 amide bonds. The zero-order chi connectivity index (χ0) is 24.2. The van der Waals surface area contributed by atoms with Gasteiger partial charge in [0.15, 0.2) is 0 Å². The molecule has 2 aromatic rings. The average molecular weight is 507 g/mol. The fourth-order valence-electron chi connectivity index (χ4n) is 7.93. The van der Waals surface area contributed by atoms with Crippen molar-refractivity contribution in [3.63, 3.8) is 0 Å². The SMILES string of the molecule is Cc1ccccc1P(c1ccccc1C)[C@@H](C)C1CCCC1P(C1CCCCC1)C1CCCCC1. The molecule has 3 aliphatic carbocycles. The lowest BCUT2D eigenvalue weighted by molar-refractivity contribution is 0.469. The Kier molecular flexibility index (Phi) is 9.06. The number of benzene rings is 2. The highest BCUT2D eigenvalue weighted by atomic mass is 31.1. The maximum Gasteiger partial charge on any atom is -0.0123 e. The van der Waals surface area contributed by atoms with E-state index in [1.807, 2.05) is 0 Å². The van der Waals surface area contributed by atoms with Crippen LogP contribution in [0.1, 0.15) is 102 Å². The average Bonchev–Trinajstić information content (AvgIpc) is 3.37. The van der Waals surface area contributed by atoms with E-state index in [0.717, 1.165) is 28.6 Å². The van der Waals surface area contributed by atoms with E-state index >= 15 is 0 Å². The summed E-state index contributed by atoms with van der Waals surface area (Å²) >= 11 is 0. The molecule has 35 heavy (non-hydrogen) atoms. The lowest BCUT2D eigenvalue weighted by Gasteiger charge is -2.46. The Balaban J connectivity index is 1.50. The van der Waals surface area contributed by atoms with E-state index in [2.05, 4.69) is 69.3 Å². The van der Waals surface area contributed by atoms with Gasteiger partial charge in [0.25, 0.3) is 0 Å². The number of aryl methyl sites for hydroxylation is 2. The minimum atomic E-state index is -0.341. The third kappa shape index (κ3) is 5.75.